The molecule has 1 saturated heterocycles. The fourth-order valence-corrected chi connectivity index (χ4v) is 5.55. The van der Waals surface area contributed by atoms with Crippen molar-refractivity contribution in [3.63, 3.8) is 0 Å². The van der Waals surface area contributed by atoms with Gasteiger partial charge in [0.25, 0.3) is 5.91 Å². The third kappa shape index (κ3) is 6.96. The van der Waals surface area contributed by atoms with E-state index < -0.39 is 9.84 Å². The Morgan fingerprint density at radius 3 is 2.46 bits per heavy atom. The van der Waals surface area contributed by atoms with E-state index in [1.807, 2.05) is 0 Å². The number of benzene rings is 2. The number of rotatable bonds is 10. The lowest BCUT2D eigenvalue weighted by Gasteiger charge is -2.36. The molecule has 35 heavy (non-hydrogen) atoms. The Morgan fingerprint density at radius 2 is 1.71 bits per heavy atom. The SMILES string of the molecule is Cc1cccc(N2CCN(CCCCNC(=O)c3ccc(CS(=O)(=O)c4ccccc4)o3)CC2)c1. The maximum Gasteiger partial charge on any atom is 0.286 e. The summed E-state index contributed by atoms with van der Waals surface area (Å²) in [7, 11) is -3.52. The number of amides is 1. The molecule has 186 valence electrons. The minimum atomic E-state index is -3.52. The van der Waals surface area contributed by atoms with Crippen molar-refractivity contribution in [2.45, 2.75) is 30.4 Å². The van der Waals surface area contributed by atoms with Crippen LogP contribution in [0, 0.1) is 6.92 Å². The van der Waals surface area contributed by atoms with Gasteiger partial charge in [-0.05, 0) is 68.3 Å². The molecule has 4 rings (SSSR count). The summed E-state index contributed by atoms with van der Waals surface area (Å²) in [6.45, 7) is 7.84. The first-order valence-electron chi connectivity index (χ1n) is 12.1. The average molecular weight is 496 g/mol. The second kappa shape index (κ2) is 11.6. The predicted molar refractivity (Wildman–Crippen MR) is 137 cm³/mol. The summed E-state index contributed by atoms with van der Waals surface area (Å²) in [5.74, 6) is -0.207. The summed E-state index contributed by atoms with van der Waals surface area (Å²) in [5.41, 5.74) is 2.58. The number of hydrogen-bond donors (Lipinski definition) is 1. The lowest BCUT2D eigenvalue weighted by molar-refractivity contribution is 0.0923. The Balaban J connectivity index is 1.14. The number of anilines is 1. The minimum Gasteiger partial charge on any atom is -0.455 e. The normalized spacial score (nSPS) is 14.7. The van der Waals surface area contributed by atoms with Crippen molar-refractivity contribution in [3.05, 3.63) is 83.8 Å². The Morgan fingerprint density at radius 1 is 0.943 bits per heavy atom. The molecule has 0 bridgehead atoms. The quantitative estimate of drug-likeness (QED) is 0.430. The fourth-order valence-electron chi connectivity index (χ4n) is 4.28. The van der Waals surface area contributed by atoms with E-state index in [2.05, 4.69) is 46.3 Å². The first kappa shape index (κ1) is 25.0. The van der Waals surface area contributed by atoms with Crippen molar-refractivity contribution in [2.75, 3.05) is 44.2 Å². The van der Waals surface area contributed by atoms with Gasteiger partial charge in [0.1, 0.15) is 11.5 Å². The van der Waals surface area contributed by atoms with Gasteiger partial charge in [-0.25, -0.2) is 8.42 Å². The summed E-state index contributed by atoms with van der Waals surface area (Å²) in [5, 5.41) is 2.87. The molecule has 2 heterocycles. The highest BCUT2D eigenvalue weighted by atomic mass is 32.2. The number of unbranched alkanes of at least 4 members (excludes halogenated alkanes) is 1. The Bertz CT molecular complexity index is 1220. The van der Waals surface area contributed by atoms with Crippen LogP contribution in [0.1, 0.15) is 34.7 Å². The highest BCUT2D eigenvalue weighted by molar-refractivity contribution is 7.90. The average Bonchev–Trinajstić information content (AvgIpc) is 3.32. The lowest BCUT2D eigenvalue weighted by atomic mass is 10.2. The number of furan rings is 1. The molecule has 1 N–H and O–H groups in total. The molecule has 0 spiro atoms. The molecule has 0 aliphatic carbocycles. The number of aryl methyl sites for hydroxylation is 1. The van der Waals surface area contributed by atoms with E-state index in [9.17, 15) is 13.2 Å². The standard InChI is InChI=1S/C27H33N3O4S/c1-22-8-7-9-23(20-22)30-18-16-29(17-19-30)15-6-5-14-28-27(31)26-13-12-24(34-26)21-35(32,33)25-10-3-2-4-11-25/h2-4,7-13,20H,5-6,14-19,21H2,1H3,(H,28,31). The Labute approximate surface area is 207 Å². The second-order valence-electron chi connectivity index (χ2n) is 8.97. The summed E-state index contributed by atoms with van der Waals surface area (Å²) < 4.78 is 30.5. The number of carbonyl (C=O) groups is 1. The highest BCUT2D eigenvalue weighted by Crippen LogP contribution is 2.19. The summed E-state index contributed by atoms with van der Waals surface area (Å²) >= 11 is 0. The maximum absolute atomic E-state index is 12.5. The Hall–Kier alpha value is -3.10. The summed E-state index contributed by atoms with van der Waals surface area (Å²) in [6, 6.07) is 20.0. The maximum atomic E-state index is 12.5. The number of nitrogens with zero attached hydrogens (tertiary/aromatic N) is 2. The van der Waals surface area contributed by atoms with Crippen molar-refractivity contribution < 1.29 is 17.6 Å². The van der Waals surface area contributed by atoms with Crippen LogP contribution in [0.4, 0.5) is 5.69 Å². The van der Waals surface area contributed by atoms with Crippen molar-refractivity contribution in [3.8, 4) is 0 Å². The summed E-state index contributed by atoms with van der Waals surface area (Å²) in [4.78, 5) is 17.5. The van der Waals surface area contributed by atoms with Gasteiger partial charge in [0.15, 0.2) is 15.6 Å². The van der Waals surface area contributed by atoms with Gasteiger partial charge >= 0.3 is 0 Å². The van der Waals surface area contributed by atoms with Gasteiger partial charge in [-0.3, -0.25) is 9.69 Å². The van der Waals surface area contributed by atoms with Gasteiger partial charge in [-0.2, -0.15) is 0 Å². The van der Waals surface area contributed by atoms with E-state index in [1.165, 1.54) is 17.3 Å². The first-order valence-corrected chi connectivity index (χ1v) is 13.7. The summed E-state index contributed by atoms with van der Waals surface area (Å²) in [6.07, 6.45) is 1.88. The molecule has 3 aromatic rings. The van der Waals surface area contributed by atoms with E-state index in [1.54, 1.807) is 36.4 Å². The van der Waals surface area contributed by atoms with Crippen LogP contribution in [0.2, 0.25) is 0 Å². The molecule has 8 heteroatoms. The zero-order valence-electron chi connectivity index (χ0n) is 20.2. The number of piperazine rings is 1. The molecule has 1 aliphatic heterocycles. The van der Waals surface area contributed by atoms with E-state index in [0.717, 1.165) is 45.6 Å². The molecule has 0 atom stereocenters. The molecule has 0 radical (unpaired) electrons. The van der Waals surface area contributed by atoms with Crippen LogP contribution in [0.15, 0.2) is 76.0 Å². The molecule has 1 aromatic heterocycles. The van der Waals surface area contributed by atoms with Crippen LogP contribution in [0.3, 0.4) is 0 Å². The van der Waals surface area contributed by atoms with Crippen LogP contribution in [0.25, 0.3) is 0 Å². The first-order chi connectivity index (χ1) is 16.9. The van der Waals surface area contributed by atoms with Crippen molar-refractivity contribution in [2.24, 2.45) is 0 Å². The van der Waals surface area contributed by atoms with Gasteiger partial charge in [0, 0.05) is 38.4 Å². The number of sulfone groups is 1. The van der Waals surface area contributed by atoms with Crippen molar-refractivity contribution in [1.82, 2.24) is 10.2 Å². The van der Waals surface area contributed by atoms with Crippen LogP contribution in [0.5, 0.6) is 0 Å². The van der Waals surface area contributed by atoms with Crippen LogP contribution < -0.4 is 10.2 Å². The lowest BCUT2D eigenvalue weighted by Crippen LogP contribution is -2.46. The molecular formula is C27H33N3O4S. The van der Waals surface area contributed by atoms with Crippen molar-refractivity contribution in [1.29, 1.82) is 0 Å². The zero-order chi connectivity index (χ0) is 24.7. The fraction of sp³-hybridized carbons (Fsp3) is 0.370. The van der Waals surface area contributed by atoms with Gasteiger partial charge in [-0.15, -0.1) is 0 Å². The van der Waals surface area contributed by atoms with Crippen LogP contribution >= 0.6 is 0 Å². The van der Waals surface area contributed by atoms with Crippen molar-refractivity contribution >= 4 is 21.4 Å². The third-order valence-corrected chi connectivity index (χ3v) is 7.90. The third-order valence-electron chi connectivity index (χ3n) is 6.25. The molecule has 0 saturated carbocycles. The molecular weight excluding hydrogens is 462 g/mol. The Kier molecular flexibility index (Phi) is 8.25. The molecule has 1 aliphatic rings. The predicted octanol–water partition coefficient (Wildman–Crippen LogP) is 3.89. The molecule has 0 unspecified atom stereocenters. The smallest absolute Gasteiger partial charge is 0.286 e. The van der Waals surface area contributed by atoms with Gasteiger partial charge in [0.2, 0.25) is 0 Å². The van der Waals surface area contributed by atoms with E-state index in [0.29, 0.717) is 6.54 Å². The van der Waals surface area contributed by atoms with Gasteiger partial charge < -0.3 is 14.6 Å². The second-order valence-corrected chi connectivity index (χ2v) is 11.0. The van der Waals surface area contributed by atoms with Crippen LogP contribution in [-0.2, 0) is 15.6 Å². The molecule has 2 aromatic carbocycles. The van der Waals surface area contributed by atoms with Gasteiger partial charge in [-0.1, -0.05) is 30.3 Å². The minimum absolute atomic E-state index is 0.135. The van der Waals surface area contributed by atoms with Crippen LogP contribution in [-0.4, -0.2) is 58.5 Å². The number of nitrogens with one attached hydrogen (secondary N) is 1. The topological polar surface area (TPSA) is 82.9 Å². The van der Waals surface area contributed by atoms with E-state index in [-0.39, 0.29) is 28.1 Å². The van der Waals surface area contributed by atoms with E-state index in [4.69, 9.17) is 4.42 Å². The van der Waals surface area contributed by atoms with E-state index >= 15 is 0 Å². The molecule has 1 amide bonds. The monoisotopic (exact) mass is 495 g/mol. The highest BCUT2D eigenvalue weighted by Gasteiger charge is 2.19. The largest absolute Gasteiger partial charge is 0.455 e. The number of hydrogen-bond acceptors (Lipinski definition) is 6. The zero-order valence-corrected chi connectivity index (χ0v) is 21.0. The molecule has 1 fully saturated rings. The molecule has 7 nitrogen and oxygen atoms in total. The van der Waals surface area contributed by atoms with Gasteiger partial charge in [0.05, 0.1) is 4.90 Å². The number of carbonyl (C=O) groups excluding carboxylic acids is 1.